The smallest absolute Gasteiger partial charge is 0.170 e. The Morgan fingerprint density at radius 1 is 0.857 bits per heavy atom. The van der Waals surface area contributed by atoms with E-state index in [4.69, 9.17) is 0 Å². The van der Waals surface area contributed by atoms with Gasteiger partial charge in [0, 0.05) is 26.3 Å². The largest absolute Gasteiger partial charge is 0.232 e. The van der Waals surface area contributed by atoms with Gasteiger partial charge in [0.15, 0.2) is 10.5 Å². The molecular weight excluding hydrogens is 248 g/mol. The summed E-state index contributed by atoms with van der Waals surface area (Å²) < 4.78 is 0. The van der Waals surface area contributed by atoms with E-state index >= 15 is 0 Å². The molecule has 0 amide bonds. The first kappa shape index (κ1) is 12.7. The molecule has 0 saturated carbocycles. The van der Waals surface area contributed by atoms with Crippen molar-refractivity contribution < 1.29 is 36.2 Å². The summed E-state index contributed by atoms with van der Waals surface area (Å²) >= 11 is 0. The number of hydrogen-bond donors (Lipinski definition) is 0. The average Bonchev–Trinajstić information content (AvgIpc) is 2.55. The van der Waals surface area contributed by atoms with Crippen molar-refractivity contribution in [3.63, 3.8) is 0 Å². The van der Waals surface area contributed by atoms with Gasteiger partial charge in [-0.25, -0.2) is 19.2 Å². The molecule has 14 heavy (non-hydrogen) atoms. The van der Waals surface area contributed by atoms with E-state index in [2.05, 4.69) is 0 Å². The van der Waals surface area contributed by atoms with Crippen LogP contribution in [-0.4, -0.2) is 22.3 Å². The molecule has 1 aliphatic rings. The summed E-state index contributed by atoms with van der Waals surface area (Å²) in [4.78, 5) is 41.3. The molecule has 0 aromatic heterocycles. The summed E-state index contributed by atoms with van der Waals surface area (Å²) in [6.45, 7) is 0. The van der Waals surface area contributed by atoms with Crippen LogP contribution in [0.15, 0.2) is 22.0 Å². The molecule has 1 heterocycles. The Labute approximate surface area is 89.9 Å². The first-order valence-corrected chi connectivity index (χ1v) is 4.68. The van der Waals surface area contributed by atoms with Gasteiger partial charge in [-0.15, -0.1) is 0 Å². The van der Waals surface area contributed by atoms with Crippen LogP contribution in [0.5, 0.6) is 0 Å². The van der Waals surface area contributed by atoms with Crippen LogP contribution in [0.1, 0.15) is 0 Å². The van der Waals surface area contributed by atoms with Crippen LogP contribution in [0.2, 0.25) is 0 Å². The maximum atomic E-state index is 10.5. The maximum absolute atomic E-state index is 10.5. The van der Waals surface area contributed by atoms with Gasteiger partial charge in [-0.1, -0.05) is 0 Å². The number of allylic oxidation sites excluding steroid dienone is 2. The Balaban J connectivity index is 0.00000169. The minimum atomic E-state index is -2.95. The molecule has 72 valence electrons. The van der Waals surface area contributed by atoms with E-state index in [-0.39, 0.29) is 26.9 Å². The van der Waals surface area contributed by atoms with Gasteiger partial charge in [-0.3, -0.25) is 0 Å². The Morgan fingerprint density at radius 2 is 1.21 bits per heavy atom. The van der Waals surface area contributed by atoms with Crippen LogP contribution in [0.3, 0.4) is 0 Å². The Morgan fingerprint density at radius 3 is 1.43 bits per heavy atom. The SMILES string of the molecule is O=C=C1C=CC(=C=O)S1(=C=O)=C=O.[Fe]. The molecule has 1 aliphatic heterocycles. The minimum absolute atomic E-state index is 0. The second kappa shape index (κ2) is 4.78. The Hall–Kier alpha value is -1.33. The maximum Gasteiger partial charge on any atom is 0.170 e. The summed E-state index contributed by atoms with van der Waals surface area (Å²) in [5.41, 5.74) is 0. The normalized spacial score (nSPS) is 16.0. The zero-order chi connectivity index (χ0) is 9.90. The molecule has 6 heteroatoms. The fourth-order valence-corrected chi connectivity index (χ4v) is 2.29. The molecule has 0 bridgehead atoms. The number of carbonyl (C=O) groups excluding carboxylic acids is 4. The summed E-state index contributed by atoms with van der Waals surface area (Å²) in [5, 5.41) is 2.75. The van der Waals surface area contributed by atoms with Gasteiger partial charge in [0.1, 0.15) is 21.7 Å². The third-order valence-corrected chi connectivity index (χ3v) is 3.76. The summed E-state index contributed by atoms with van der Waals surface area (Å²) in [5.74, 6) is 2.83. The quantitative estimate of drug-likeness (QED) is 0.342. The van der Waals surface area contributed by atoms with Gasteiger partial charge in [0.05, 0.1) is 0 Å². The van der Waals surface area contributed by atoms with Crippen LogP contribution in [0, 0.1) is 0 Å². The summed E-state index contributed by atoms with van der Waals surface area (Å²) in [6, 6.07) is 0. The van der Waals surface area contributed by atoms with Crippen molar-refractivity contribution in [3.05, 3.63) is 22.0 Å². The second-order valence-corrected chi connectivity index (χ2v) is 4.48. The van der Waals surface area contributed by atoms with Gasteiger partial charge in [0.2, 0.25) is 0 Å². The van der Waals surface area contributed by atoms with Crippen molar-refractivity contribution in [1.82, 2.24) is 0 Å². The third-order valence-electron chi connectivity index (χ3n) is 1.50. The number of rotatable bonds is 0. The molecule has 0 fully saturated rings. The fraction of sp³-hybridized carbons (Fsp3) is 0. The van der Waals surface area contributed by atoms with Crippen molar-refractivity contribution in [2.75, 3.05) is 0 Å². The minimum Gasteiger partial charge on any atom is -0.232 e. The van der Waals surface area contributed by atoms with E-state index in [1.54, 1.807) is 0 Å². The second-order valence-electron chi connectivity index (χ2n) is 2.04. The predicted octanol–water partition coefficient (Wildman–Crippen LogP) is -0.0763. The molecule has 0 aromatic carbocycles. The zero-order valence-corrected chi connectivity index (χ0v) is 8.47. The van der Waals surface area contributed by atoms with Crippen LogP contribution < -0.4 is 0 Å². The first-order chi connectivity index (χ1) is 6.25. The molecule has 0 atom stereocenters. The van der Waals surface area contributed by atoms with Crippen molar-refractivity contribution in [1.29, 1.82) is 0 Å². The van der Waals surface area contributed by atoms with E-state index in [0.717, 1.165) is 0 Å². The van der Waals surface area contributed by atoms with Crippen molar-refractivity contribution in [2.24, 2.45) is 0 Å². The van der Waals surface area contributed by atoms with Crippen LogP contribution in [0.4, 0.5) is 0 Å². The first-order valence-electron chi connectivity index (χ1n) is 3.04. The topological polar surface area (TPSA) is 68.3 Å². The number of hydrogen-bond acceptors (Lipinski definition) is 4. The van der Waals surface area contributed by atoms with Gasteiger partial charge in [-0.2, -0.15) is 0 Å². The van der Waals surface area contributed by atoms with Gasteiger partial charge in [0.25, 0.3) is 0 Å². The van der Waals surface area contributed by atoms with E-state index in [1.807, 2.05) is 0 Å². The van der Waals surface area contributed by atoms with Crippen molar-refractivity contribution in [3.8, 4) is 0 Å². The van der Waals surface area contributed by atoms with E-state index < -0.39 is 9.21 Å². The van der Waals surface area contributed by atoms with Crippen LogP contribution >= 0.6 is 9.21 Å². The van der Waals surface area contributed by atoms with E-state index in [1.165, 1.54) is 34.5 Å². The molecular formula is C8H2FeO4S. The molecule has 0 spiro atoms. The predicted molar refractivity (Wildman–Crippen MR) is 46.5 cm³/mol. The van der Waals surface area contributed by atoms with Crippen LogP contribution in [-0.2, 0) is 36.2 Å². The average molecular weight is 250 g/mol. The van der Waals surface area contributed by atoms with Crippen molar-refractivity contribution >= 4 is 31.6 Å². The molecule has 0 aromatic rings. The van der Waals surface area contributed by atoms with Crippen LogP contribution in [0.25, 0.3) is 0 Å². The third kappa shape index (κ3) is 1.51. The van der Waals surface area contributed by atoms with E-state index in [9.17, 15) is 19.2 Å². The fourth-order valence-electron chi connectivity index (χ4n) is 0.864. The molecule has 0 aliphatic carbocycles. The Bertz CT molecular complexity index is 500. The van der Waals surface area contributed by atoms with Gasteiger partial charge >= 0.3 is 0 Å². The molecule has 1 rings (SSSR count). The Kier molecular flexibility index (Phi) is 4.33. The standard InChI is InChI=1S/C8H2O4S.Fe/c9-3-7-1-2-8(4-10)13(7,5-11)6-12;/h1-2H;. The monoisotopic (exact) mass is 250 g/mol. The molecule has 0 radical (unpaired) electrons. The summed E-state index contributed by atoms with van der Waals surface area (Å²) in [6.07, 6.45) is 2.36. The summed E-state index contributed by atoms with van der Waals surface area (Å²) in [7, 11) is -2.95. The molecule has 4 nitrogen and oxygen atoms in total. The van der Waals surface area contributed by atoms with Gasteiger partial charge in [-0.05, 0) is 12.2 Å². The molecule has 0 saturated heterocycles. The zero-order valence-electron chi connectivity index (χ0n) is 6.55. The van der Waals surface area contributed by atoms with Crippen molar-refractivity contribution in [2.45, 2.75) is 0 Å². The molecule has 0 N–H and O–H groups in total. The molecule has 0 unspecified atom stereocenters. The van der Waals surface area contributed by atoms with E-state index in [0.29, 0.717) is 0 Å². The van der Waals surface area contributed by atoms with Gasteiger partial charge < -0.3 is 0 Å².